The summed E-state index contributed by atoms with van der Waals surface area (Å²) in [7, 11) is 0. The van der Waals surface area contributed by atoms with Crippen LogP contribution in [0.2, 0.25) is 0 Å². The maximum absolute atomic E-state index is 3.62. The third-order valence-corrected chi connectivity index (χ3v) is 3.64. The van der Waals surface area contributed by atoms with Gasteiger partial charge in [0.15, 0.2) is 0 Å². The molecule has 1 unspecified atom stereocenters. The summed E-state index contributed by atoms with van der Waals surface area (Å²) in [6.45, 7) is 5.50. The highest BCUT2D eigenvalue weighted by Crippen LogP contribution is 2.37. The van der Waals surface area contributed by atoms with E-state index in [0.717, 1.165) is 12.5 Å². The maximum Gasteiger partial charge on any atom is 0.0322 e. The molecule has 1 saturated carbocycles. The summed E-state index contributed by atoms with van der Waals surface area (Å²) >= 11 is 0. The van der Waals surface area contributed by atoms with Crippen LogP contribution in [-0.4, -0.2) is 6.54 Å². The third-order valence-electron chi connectivity index (χ3n) is 3.64. The number of hydrogen-bond donors (Lipinski definition) is 1. The first-order valence-corrected chi connectivity index (χ1v) is 7.15. The first-order chi connectivity index (χ1) is 8.33. The van der Waals surface area contributed by atoms with Gasteiger partial charge >= 0.3 is 0 Å². The van der Waals surface area contributed by atoms with Crippen molar-refractivity contribution in [3.8, 4) is 0 Å². The van der Waals surface area contributed by atoms with Crippen LogP contribution in [0, 0.1) is 5.92 Å². The van der Waals surface area contributed by atoms with Crippen molar-refractivity contribution >= 4 is 0 Å². The Bertz CT molecular complexity index is 324. The second-order valence-corrected chi connectivity index (χ2v) is 5.28. The van der Waals surface area contributed by atoms with Crippen LogP contribution in [-0.2, 0) is 6.42 Å². The Kier molecular flexibility index (Phi) is 4.61. The molecule has 0 heterocycles. The van der Waals surface area contributed by atoms with Crippen molar-refractivity contribution < 1.29 is 0 Å². The Morgan fingerprint density at radius 2 is 1.88 bits per heavy atom. The summed E-state index contributed by atoms with van der Waals surface area (Å²) in [6, 6.07) is 9.82. The van der Waals surface area contributed by atoms with Gasteiger partial charge in [-0.25, -0.2) is 0 Å². The second-order valence-electron chi connectivity index (χ2n) is 5.28. The maximum atomic E-state index is 3.62. The Balaban J connectivity index is 2.00. The van der Waals surface area contributed by atoms with Gasteiger partial charge in [0.2, 0.25) is 0 Å². The quantitative estimate of drug-likeness (QED) is 0.745. The number of benzene rings is 1. The van der Waals surface area contributed by atoms with Crippen LogP contribution in [0.3, 0.4) is 0 Å². The van der Waals surface area contributed by atoms with Crippen LogP contribution in [0.15, 0.2) is 24.3 Å². The third kappa shape index (κ3) is 3.85. The van der Waals surface area contributed by atoms with E-state index in [2.05, 4.69) is 43.4 Å². The van der Waals surface area contributed by atoms with Crippen LogP contribution in [0.4, 0.5) is 0 Å². The molecule has 0 aliphatic heterocycles. The van der Waals surface area contributed by atoms with Gasteiger partial charge in [-0.3, -0.25) is 0 Å². The minimum atomic E-state index is 0.572. The summed E-state index contributed by atoms with van der Waals surface area (Å²) in [6.07, 6.45) is 6.64. The van der Waals surface area contributed by atoms with Gasteiger partial charge in [-0.05, 0) is 36.4 Å². The van der Waals surface area contributed by atoms with Crippen LogP contribution >= 0.6 is 0 Å². The van der Waals surface area contributed by atoms with E-state index in [-0.39, 0.29) is 0 Å². The molecular formula is C16H25N. The molecule has 17 heavy (non-hydrogen) atoms. The van der Waals surface area contributed by atoms with Crippen LogP contribution in [0.25, 0.3) is 0 Å². The van der Waals surface area contributed by atoms with Crippen LogP contribution in [0.5, 0.6) is 0 Å². The molecule has 0 aromatic heterocycles. The molecule has 1 N–H and O–H groups in total. The Labute approximate surface area is 106 Å². The van der Waals surface area contributed by atoms with Crippen LogP contribution in [0.1, 0.15) is 56.7 Å². The first kappa shape index (κ1) is 12.6. The highest BCUT2D eigenvalue weighted by Gasteiger charge is 2.25. The van der Waals surface area contributed by atoms with E-state index in [1.165, 1.54) is 43.2 Å². The van der Waals surface area contributed by atoms with Gasteiger partial charge in [0.05, 0.1) is 0 Å². The monoisotopic (exact) mass is 231 g/mol. The zero-order valence-corrected chi connectivity index (χ0v) is 11.2. The Morgan fingerprint density at radius 1 is 1.18 bits per heavy atom. The molecule has 0 radical (unpaired) electrons. The average molecular weight is 231 g/mol. The van der Waals surface area contributed by atoms with E-state index in [9.17, 15) is 0 Å². The molecule has 0 saturated heterocycles. The molecule has 94 valence electrons. The molecule has 2 rings (SSSR count). The minimum Gasteiger partial charge on any atom is -0.310 e. The van der Waals surface area contributed by atoms with Gasteiger partial charge in [0, 0.05) is 6.04 Å². The fourth-order valence-corrected chi connectivity index (χ4v) is 2.48. The number of rotatable bonds is 7. The van der Waals surface area contributed by atoms with Crippen molar-refractivity contribution in [1.82, 2.24) is 5.32 Å². The van der Waals surface area contributed by atoms with Crippen molar-refractivity contribution in [2.75, 3.05) is 6.54 Å². The molecule has 0 bridgehead atoms. The van der Waals surface area contributed by atoms with E-state index in [4.69, 9.17) is 0 Å². The molecule has 1 aromatic carbocycles. The molecule has 1 heteroatoms. The summed E-state index contributed by atoms with van der Waals surface area (Å²) < 4.78 is 0. The molecular weight excluding hydrogens is 206 g/mol. The lowest BCUT2D eigenvalue weighted by Crippen LogP contribution is -2.21. The summed E-state index contributed by atoms with van der Waals surface area (Å²) in [5.41, 5.74) is 2.94. The number of aryl methyl sites for hydroxylation is 1. The predicted molar refractivity (Wildman–Crippen MR) is 74.2 cm³/mol. The van der Waals surface area contributed by atoms with E-state index in [1.54, 1.807) is 0 Å². The molecule has 1 aromatic rings. The zero-order chi connectivity index (χ0) is 12.1. The standard InChI is InChI=1S/C16H25N/c1-3-5-13-8-10-15(11-9-13)16(17-4-2)12-14-6-7-14/h8-11,14,16-17H,3-7,12H2,1-2H3. The largest absolute Gasteiger partial charge is 0.310 e. The van der Waals surface area contributed by atoms with Crippen molar-refractivity contribution in [2.24, 2.45) is 5.92 Å². The molecule has 1 aliphatic rings. The molecule has 1 nitrogen and oxygen atoms in total. The summed E-state index contributed by atoms with van der Waals surface area (Å²) in [4.78, 5) is 0. The van der Waals surface area contributed by atoms with Gasteiger partial charge in [-0.15, -0.1) is 0 Å². The normalized spacial score (nSPS) is 17.1. The Hall–Kier alpha value is -0.820. The van der Waals surface area contributed by atoms with Gasteiger partial charge in [-0.2, -0.15) is 0 Å². The smallest absolute Gasteiger partial charge is 0.0322 e. The van der Waals surface area contributed by atoms with E-state index in [1.807, 2.05) is 0 Å². The van der Waals surface area contributed by atoms with Crippen molar-refractivity contribution in [1.29, 1.82) is 0 Å². The van der Waals surface area contributed by atoms with Crippen LogP contribution < -0.4 is 5.32 Å². The van der Waals surface area contributed by atoms with Crippen molar-refractivity contribution in [2.45, 2.75) is 52.0 Å². The van der Waals surface area contributed by atoms with E-state index >= 15 is 0 Å². The number of hydrogen-bond acceptors (Lipinski definition) is 1. The zero-order valence-electron chi connectivity index (χ0n) is 11.2. The van der Waals surface area contributed by atoms with Gasteiger partial charge in [-0.1, -0.05) is 57.4 Å². The lowest BCUT2D eigenvalue weighted by molar-refractivity contribution is 0.487. The van der Waals surface area contributed by atoms with Gasteiger partial charge in [0.1, 0.15) is 0 Å². The molecule has 1 aliphatic carbocycles. The van der Waals surface area contributed by atoms with E-state index < -0.39 is 0 Å². The summed E-state index contributed by atoms with van der Waals surface area (Å²) in [5, 5.41) is 3.62. The first-order valence-electron chi connectivity index (χ1n) is 7.15. The van der Waals surface area contributed by atoms with Gasteiger partial charge < -0.3 is 5.32 Å². The molecule has 1 fully saturated rings. The minimum absolute atomic E-state index is 0.572. The van der Waals surface area contributed by atoms with Gasteiger partial charge in [0.25, 0.3) is 0 Å². The predicted octanol–water partition coefficient (Wildman–Crippen LogP) is 4.09. The lowest BCUT2D eigenvalue weighted by Gasteiger charge is -2.18. The molecule has 1 atom stereocenters. The highest BCUT2D eigenvalue weighted by molar-refractivity contribution is 5.25. The average Bonchev–Trinajstić information content (AvgIpc) is 3.14. The fraction of sp³-hybridized carbons (Fsp3) is 0.625. The second kappa shape index (κ2) is 6.20. The fourth-order valence-electron chi connectivity index (χ4n) is 2.48. The number of nitrogens with one attached hydrogen (secondary N) is 1. The topological polar surface area (TPSA) is 12.0 Å². The van der Waals surface area contributed by atoms with E-state index in [0.29, 0.717) is 6.04 Å². The highest BCUT2D eigenvalue weighted by atomic mass is 14.9. The SMILES string of the molecule is CCCc1ccc(C(CC2CC2)NCC)cc1. The summed E-state index contributed by atoms with van der Waals surface area (Å²) in [5.74, 6) is 0.981. The Morgan fingerprint density at radius 3 is 2.41 bits per heavy atom. The lowest BCUT2D eigenvalue weighted by atomic mass is 9.99. The van der Waals surface area contributed by atoms with Crippen molar-refractivity contribution in [3.63, 3.8) is 0 Å². The van der Waals surface area contributed by atoms with Crippen molar-refractivity contribution in [3.05, 3.63) is 35.4 Å². The molecule has 0 spiro atoms. The molecule has 0 amide bonds.